The van der Waals surface area contributed by atoms with Crippen molar-refractivity contribution < 1.29 is 9.90 Å². The van der Waals surface area contributed by atoms with Crippen LogP contribution in [0.4, 0.5) is 0 Å². The van der Waals surface area contributed by atoms with E-state index in [9.17, 15) is 14.7 Å². The molecule has 0 bridgehead atoms. The summed E-state index contributed by atoms with van der Waals surface area (Å²) in [5.74, 6) is -1.16. The highest BCUT2D eigenvalue weighted by Gasteiger charge is 2.19. The van der Waals surface area contributed by atoms with Crippen molar-refractivity contribution in [3.05, 3.63) is 76.2 Å². The number of aromatic nitrogens is 2. The summed E-state index contributed by atoms with van der Waals surface area (Å²) < 4.78 is 1.23. The van der Waals surface area contributed by atoms with Crippen LogP contribution in [0.5, 0.6) is 5.88 Å². The predicted molar refractivity (Wildman–Crippen MR) is 90.2 cm³/mol. The molecule has 0 fully saturated rings. The van der Waals surface area contributed by atoms with Gasteiger partial charge in [0.2, 0.25) is 5.88 Å². The van der Waals surface area contributed by atoms with Crippen LogP contribution < -0.4 is 10.9 Å². The van der Waals surface area contributed by atoms with Crippen LogP contribution in [0.2, 0.25) is 0 Å². The fourth-order valence-electron chi connectivity index (χ4n) is 2.50. The third kappa shape index (κ3) is 3.27. The number of aryl methyl sites for hydroxylation is 1. The average molecular weight is 323 g/mol. The number of amides is 1. The molecule has 0 aliphatic rings. The van der Waals surface area contributed by atoms with E-state index in [4.69, 9.17) is 0 Å². The summed E-state index contributed by atoms with van der Waals surface area (Å²) in [5.41, 5.74) is 0.555. The van der Waals surface area contributed by atoms with Crippen molar-refractivity contribution in [3.8, 4) is 5.88 Å². The Bertz CT molecular complexity index is 920. The molecule has 0 radical (unpaired) electrons. The summed E-state index contributed by atoms with van der Waals surface area (Å²) in [7, 11) is 0. The minimum Gasteiger partial charge on any atom is -0.493 e. The molecular weight excluding hydrogens is 306 g/mol. The van der Waals surface area contributed by atoms with Crippen LogP contribution in [0.3, 0.4) is 0 Å². The van der Waals surface area contributed by atoms with Gasteiger partial charge in [0.15, 0.2) is 5.56 Å². The van der Waals surface area contributed by atoms with Gasteiger partial charge < -0.3 is 10.4 Å². The first-order valence-electron chi connectivity index (χ1n) is 7.69. The highest BCUT2D eigenvalue weighted by atomic mass is 16.3. The van der Waals surface area contributed by atoms with Crippen molar-refractivity contribution >= 4 is 11.6 Å². The van der Waals surface area contributed by atoms with E-state index < -0.39 is 17.3 Å². The van der Waals surface area contributed by atoms with Gasteiger partial charge >= 0.3 is 0 Å². The molecule has 2 N–H and O–H groups in total. The number of hydrogen-bond donors (Lipinski definition) is 2. The van der Waals surface area contributed by atoms with Crippen molar-refractivity contribution in [1.82, 2.24) is 14.7 Å². The van der Waals surface area contributed by atoms with Crippen LogP contribution in [0.25, 0.3) is 5.65 Å². The summed E-state index contributed by atoms with van der Waals surface area (Å²) in [6.45, 7) is 0.407. The Morgan fingerprint density at radius 3 is 2.67 bits per heavy atom. The van der Waals surface area contributed by atoms with Crippen LogP contribution in [-0.4, -0.2) is 26.9 Å². The van der Waals surface area contributed by atoms with E-state index in [1.165, 1.54) is 16.2 Å². The predicted octanol–water partition coefficient (Wildman–Crippen LogP) is 1.76. The second-order valence-corrected chi connectivity index (χ2v) is 5.39. The van der Waals surface area contributed by atoms with Crippen molar-refractivity contribution in [2.75, 3.05) is 6.54 Å². The molecule has 0 aliphatic heterocycles. The summed E-state index contributed by atoms with van der Waals surface area (Å²) in [5, 5.41) is 12.6. The van der Waals surface area contributed by atoms with E-state index >= 15 is 0 Å². The molecule has 1 amide bonds. The quantitative estimate of drug-likeness (QED) is 0.701. The number of benzene rings is 1. The maximum Gasteiger partial charge on any atom is 0.274 e. The second kappa shape index (κ2) is 6.95. The van der Waals surface area contributed by atoms with Gasteiger partial charge in [-0.1, -0.05) is 36.4 Å². The average Bonchev–Trinajstić information content (AvgIpc) is 2.60. The zero-order chi connectivity index (χ0) is 16.9. The topological polar surface area (TPSA) is 83.7 Å². The number of nitrogens with one attached hydrogen (secondary N) is 1. The minimum absolute atomic E-state index is 0.292. The van der Waals surface area contributed by atoms with E-state index in [2.05, 4.69) is 10.3 Å². The van der Waals surface area contributed by atoms with E-state index in [0.29, 0.717) is 12.2 Å². The lowest BCUT2D eigenvalue weighted by Crippen LogP contribution is -2.32. The molecule has 3 rings (SSSR count). The van der Waals surface area contributed by atoms with Crippen molar-refractivity contribution in [2.24, 2.45) is 0 Å². The number of hydrogen-bond acceptors (Lipinski definition) is 4. The highest BCUT2D eigenvalue weighted by molar-refractivity contribution is 5.96. The molecule has 0 saturated carbocycles. The van der Waals surface area contributed by atoms with Gasteiger partial charge in [-0.25, -0.2) is 0 Å². The zero-order valence-corrected chi connectivity index (χ0v) is 13.0. The smallest absolute Gasteiger partial charge is 0.274 e. The highest BCUT2D eigenvalue weighted by Crippen LogP contribution is 2.11. The van der Waals surface area contributed by atoms with Crippen molar-refractivity contribution in [3.63, 3.8) is 0 Å². The molecular formula is C18H17N3O3. The van der Waals surface area contributed by atoms with Gasteiger partial charge in [-0.3, -0.25) is 14.0 Å². The van der Waals surface area contributed by atoms with Gasteiger partial charge in [-0.05, 0) is 30.5 Å². The van der Waals surface area contributed by atoms with Gasteiger partial charge in [-0.15, -0.1) is 0 Å². The monoisotopic (exact) mass is 323 g/mol. The lowest BCUT2D eigenvalue weighted by molar-refractivity contribution is 0.0948. The molecule has 0 aliphatic carbocycles. The summed E-state index contributed by atoms with van der Waals surface area (Å²) in [6, 6.07) is 14.9. The lowest BCUT2D eigenvalue weighted by atomic mass is 10.1. The number of carbonyl (C=O) groups excluding carboxylic acids is 1. The Morgan fingerprint density at radius 1 is 1.12 bits per heavy atom. The summed E-state index contributed by atoms with van der Waals surface area (Å²) >= 11 is 0. The van der Waals surface area contributed by atoms with E-state index in [1.54, 1.807) is 18.2 Å². The second-order valence-electron chi connectivity index (χ2n) is 5.39. The van der Waals surface area contributed by atoms with Crippen LogP contribution in [-0.2, 0) is 6.42 Å². The van der Waals surface area contributed by atoms with E-state index in [1.807, 2.05) is 30.3 Å². The standard InChI is InChI=1S/C18H17N3O3/c22-16(19-11-6-9-13-7-2-1-3-8-13)15-17(23)20-14-10-4-5-12-21(14)18(15)24/h1-5,7-8,10,12,23H,6,9,11H2,(H,19,22). The lowest BCUT2D eigenvalue weighted by Gasteiger charge is -2.08. The van der Waals surface area contributed by atoms with Gasteiger partial charge in [0.05, 0.1) is 0 Å². The minimum atomic E-state index is -0.615. The molecule has 0 saturated heterocycles. The van der Waals surface area contributed by atoms with Gasteiger partial charge in [0.1, 0.15) is 5.65 Å². The van der Waals surface area contributed by atoms with Crippen LogP contribution in [0.1, 0.15) is 22.3 Å². The molecule has 2 aromatic heterocycles. The molecule has 122 valence electrons. The molecule has 24 heavy (non-hydrogen) atoms. The molecule has 0 atom stereocenters. The number of carbonyl (C=O) groups is 1. The van der Waals surface area contributed by atoms with Gasteiger partial charge in [0.25, 0.3) is 11.5 Å². The molecule has 1 aromatic carbocycles. The molecule has 2 heterocycles. The number of rotatable bonds is 5. The third-order valence-corrected chi connectivity index (χ3v) is 3.71. The molecule has 6 heteroatoms. The molecule has 3 aromatic rings. The largest absolute Gasteiger partial charge is 0.493 e. The van der Waals surface area contributed by atoms with Crippen LogP contribution in [0.15, 0.2) is 59.5 Å². The Hall–Kier alpha value is -3.15. The first-order valence-corrected chi connectivity index (χ1v) is 7.69. The van der Waals surface area contributed by atoms with Crippen LogP contribution >= 0.6 is 0 Å². The molecule has 0 spiro atoms. The maximum absolute atomic E-state index is 12.3. The molecule has 6 nitrogen and oxygen atoms in total. The third-order valence-electron chi connectivity index (χ3n) is 3.71. The SMILES string of the molecule is O=C(NCCCc1ccccc1)c1c(O)nc2ccccn2c1=O. The van der Waals surface area contributed by atoms with Crippen molar-refractivity contribution in [1.29, 1.82) is 0 Å². The zero-order valence-electron chi connectivity index (χ0n) is 13.0. The first kappa shape index (κ1) is 15.7. The Labute approximate surface area is 138 Å². The van der Waals surface area contributed by atoms with E-state index in [0.717, 1.165) is 12.8 Å². The first-order chi connectivity index (χ1) is 11.7. The van der Waals surface area contributed by atoms with E-state index in [-0.39, 0.29) is 5.56 Å². The van der Waals surface area contributed by atoms with Crippen molar-refractivity contribution in [2.45, 2.75) is 12.8 Å². The molecule has 0 unspecified atom stereocenters. The number of aromatic hydroxyl groups is 1. The Kier molecular flexibility index (Phi) is 4.56. The van der Waals surface area contributed by atoms with Crippen LogP contribution in [0, 0.1) is 0 Å². The fourth-order valence-corrected chi connectivity index (χ4v) is 2.50. The summed E-state index contributed by atoms with van der Waals surface area (Å²) in [6.07, 6.45) is 3.07. The Morgan fingerprint density at radius 2 is 1.88 bits per heavy atom. The normalized spacial score (nSPS) is 10.7. The Balaban J connectivity index is 1.69. The fraction of sp³-hybridized carbons (Fsp3) is 0.167. The van der Waals surface area contributed by atoms with Gasteiger partial charge in [-0.2, -0.15) is 4.98 Å². The van der Waals surface area contributed by atoms with Gasteiger partial charge in [0, 0.05) is 12.7 Å². The number of nitrogens with zero attached hydrogens (tertiary/aromatic N) is 2. The number of pyridine rings is 1. The maximum atomic E-state index is 12.3. The number of fused-ring (bicyclic) bond motifs is 1. The summed E-state index contributed by atoms with van der Waals surface area (Å²) in [4.78, 5) is 28.5.